The lowest BCUT2D eigenvalue weighted by atomic mass is 9.82. The Morgan fingerprint density at radius 3 is 1.18 bits per heavy atom. The van der Waals surface area contributed by atoms with Crippen LogP contribution in [0.4, 0.5) is 0 Å². The summed E-state index contributed by atoms with van der Waals surface area (Å²) >= 11 is 0. The summed E-state index contributed by atoms with van der Waals surface area (Å²) in [5.41, 5.74) is 16.9. The summed E-state index contributed by atoms with van der Waals surface area (Å²) in [6.07, 6.45) is 8.87. The first-order chi connectivity index (χ1) is 35.7. The van der Waals surface area contributed by atoms with Gasteiger partial charge in [0.25, 0.3) is 0 Å². The first kappa shape index (κ1) is 42.7. The van der Waals surface area contributed by atoms with E-state index in [2.05, 4.69) is 291 Å². The lowest BCUT2D eigenvalue weighted by Gasteiger charge is -2.21. The molecule has 0 aliphatic carbocycles. The maximum atomic E-state index is 2.36. The molecule has 0 heterocycles. The molecule has 72 heavy (non-hydrogen) atoms. The highest BCUT2D eigenvalue weighted by Crippen LogP contribution is 2.48. The fourth-order valence-electron chi connectivity index (χ4n) is 11.0. The number of benzene rings is 13. The Morgan fingerprint density at radius 2 is 0.611 bits per heavy atom. The van der Waals surface area contributed by atoms with Crippen molar-refractivity contribution in [2.24, 2.45) is 0 Å². The molecular weight excluding hydrogens is 865 g/mol. The van der Waals surface area contributed by atoms with Gasteiger partial charge in [0.15, 0.2) is 0 Å². The second-order valence-electron chi connectivity index (χ2n) is 18.7. The summed E-state index contributed by atoms with van der Waals surface area (Å²) < 4.78 is 0. The van der Waals surface area contributed by atoms with Gasteiger partial charge in [-0.15, -0.1) is 0 Å². The van der Waals surface area contributed by atoms with Crippen molar-refractivity contribution in [1.29, 1.82) is 0 Å². The largest absolute Gasteiger partial charge is 0.0622 e. The molecule has 0 fully saturated rings. The van der Waals surface area contributed by atoms with Gasteiger partial charge in [-0.1, -0.05) is 285 Å². The highest BCUT2D eigenvalue weighted by atomic mass is 14.2. The molecule has 0 aliphatic heterocycles. The third kappa shape index (κ3) is 7.86. The topological polar surface area (TPSA) is 0 Å². The normalized spacial score (nSPS) is 11.8. The van der Waals surface area contributed by atoms with Crippen LogP contribution in [-0.2, 0) is 0 Å². The van der Waals surface area contributed by atoms with Gasteiger partial charge in [0.05, 0.1) is 0 Å². The second kappa shape index (κ2) is 18.5. The van der Waals surface area contributed by atoms with Crippen molar-refractivity contribution < 1.29 is 0 Å². The van der Waals surface area contributed by atoms with Gasteiger partial charge in [-0.2, -0.15) is 0 Å². The van der Waals surface area contributed by atoms with Crippen LogP contribution in [0.3, 0.4) is 0 Å². The van der Waals surface area contributed by atoms with Gasteiger partial charge in [0, 0.05) is 0 Å². The maximum absolute atomic E-state index is 2.36. The molecule has 0 unspecified atom stereocenters. The SMILES string of the molecule is C(=C\c1cccc2c(-c3ccc(-c4c5ccccc5c(-c5ccc(-c6cccc7c(/C=C/c8ccccc8)cccc67)cc5)c5c(-c6ccc7ccccc7c6)cccc45)cc3)cccc12)/c1ccccc1. The lowest BCUT2D eigenvalue weighted by molar-refractivity contribution is 1.61. The first-order valence-corrected chi connectivity index (χ1v) is 24.9. The summed E-state index contributed by atoms with van der Waals surface area (Å²) in [7, 11) is 0. The van der Waals surface area contributed by atoms with E-state index in [4.69, 9.17) is 0 Å². The van der Waals surface area contributed by atoms with Gasteiger partial charge in [0.1, 0.15) is 0 Å². The van der Waals surface area contributed by atoms with Crippen molar-refractivity contribution in [3.63, 3.8) is 0 Å². The van der Waals surface area contributed by atoms with Gasteiger partial charge >= 0.3 is 0 Å². The second-order valence-corrected chi connectivity index (χ2v) is 18.7. The Bertz CT molecular complexity index is 4210. The third-order valence-electron chi connectivity index (χ3n) is 14.5. The molecule has 0 saturated carbocycles. The molecule has 13 rings (SSSR count). The van der Waals surface area contributed by atoms with E-state index >= 15 is 0 Å². The zero-order chi connectivity index (χ0) is 47.8. The zero-order valence-corrected chi connectivity index (χ0v) is 39.7. The van der Waals surface area contributed by atoms with Crippen LogP contribution in [0.2, 0.25) is 0 Å². The number of rotatable bonds is 9. The monoisotopic (exact) mass is 912 g/mol. The molecular formula is C72H48. The third-order valence-corrected chi connectivity index (χ3v) is 14.5. The van der Waals surface area contributed by atoms with Crippen molar-refractivity contribution in [2.45, 2.75) is 0 Å². The molecule has 0 aromatic heterocycles. The molecule has 0 atom stereocenters. The molecule has 0 amide bonds. The average Bonchev–Trinajstić information content (AvgIpc) is 3.45. The van der Waals surface area contributed by atoms with E-state index in [9.17, 15) is 0 Å². The standard InChI is InChI=1S/C72H48/c1-3-16-49(17-4-1)34-36-52-22-11-31-65-60(52)26-13-28-62(65)54-39-43-56(44-40-54)70-67-24-9-10-25-68(67)71(72-64(30-15-33-69(70)72)59-47-38-51-20-7-8-21-58(51)48-59)57-45-41-55(42-46-57)63-29-14-27-61-53(23-12-32-66(61)63)37-35-50-18-5-2-6-19-50/h1-48H/b36-34+,37-35+. The summed E-state index contributed by atoms with van der Waals surface area (Å²) in [6.45, 7) is 0. The van der Waals surface area contributed by atoms with Crippen LogP contribution in [0.15, 0.2) is 267 Å². The number of fused-ring (bicyclic) bond motifs is 5. The summed E-state index contributed by atoms with van der Waals surface area (Å²) in [5.74, 6) is 0. The van der Waals surface area contributed by atoms with Crippen molar-refractivity contribution >= 4 is 78.2 Å². The molecule has 0 nitrogen and oxygen atoms in total. The average molecular weight is 913 g/mol. The van der Waals surface area contributed by atoms with Crippen LogP contribution in [0.25, 0.3) is 134 Å². The van der Waals surface area contributed by atoms with Crippen LogP contribution >= 0.6 is 0 Å². The zero-order valence-electron chi connectivity index (χ0n) is 39.7. The minimum atomic E-state index is 1.19. The Balaban J connectivity index is 0.953. The van der Waals surface area contributed by atoms with Crippen LogP contribution in [0, 0.1) is 0 Å². The van der Waals surface area contributed by atoms with E-state index in [-0.39, 0.29) is 0 Å². The summed E-state index contributed by atoms with van der Waals surface area (Å²) in [5, 5.41) is 12.4. The van der Waals surface area contributed by atoms with E-state index < -0.39 is 0 Å². The highest BCUT2D eigenvalue weighted by molar-refractivity contribution is 6.25. The summed E-state index contributed by atoms with van der Waals surface area (Å²) in [4.78, 5) is 0. The van der Waals surface area contributed by atoms with E-state index in [1.54, 1.807) is 0 Å². The van der Waals surface area contributed by atoms with Crippen molar-refractivity contribution in [3.8, 4) is 55.6 Å². The van der Waals surface area contributed by atoms with Gasteiger partial charge in [-0.05, 0) is 138 Å². The number of hydrogen-bond acceptors (Lipinski definition) is 0. The quantitative estimate of drug-likeness (QED) is 0.1000. The van der Waals surface area contributed by atoms with Gasteiger partial charge < -0.3 is 0 Å². The Hall–Kier alpha value is -9.36. The first-order valence-electron chi connectivity index (χ1n) is 24.9. The molecule has 0 spiro atoms. The molecule has 0 N–H and O–H groups in total. The predicted molar refractivity (Wildman–Crippen MR) is 312 cm³/mol. The Labute approximate surface area is 420 Å². The molecule has 13 aromatic rings. The molecule has 0 heteroatoms. The maximum Gasteiger partial charge on any atom is -0.00141 e. The minimum Gasteiger partial charge on any atom is -0.0622 e. The predicted octanol–water partition coefficient (Wildman–Crippen LogP) is 20.1. The number of hydrogen-bond donors (Lipinski definition) is 0. The Kier molecular flexibility index (Phi) is 11.0. The van der Waals surface area contributed by atoms with E-state index in [0.29, 0.717) is 0 Å². The van der Waals surface area contributed by atoms with Gasteiger partial charge in [-0.25, -0.2) is 0 Å². The smallest absolute Gasteiger partial charge is 0.00141 e. The van der Waals surface area contributed by atoms with E-state index in [1.807, 2.05) is 0 Å². The molecule has 13 aromatic carbocycles. The van der Waals surface area contributed by atoms with Crippen molar-refractivity contribution in [1.82, 2.24) is 0 Å². The van der Waals surface area contributed by atoms with Crippen LogP contribution in [0.1, 0.15) is 22.3 Å². The van der Waals surface area contributed by atoms with Crippen LogP contribution in [0.5, 0.6) is 0 Å². The Morgan fingerprint density at radius 1 is 0.208 bits per heavy atom. The van der Waals surface area contributed by atoms with Crippen LogP contribution in [-0.4, -0.2) is 0 Å². The molecule has 0 radical (unpaired) electrons. The molecule has 0 bridgehead atoms. The van der Waals surface area contributed by atoms with E-state index in [0.717, 1.165) is 0 Å². The van der Waals surface area contributed by atoms with Crippen molar-refractivity contribution in [3.05, 3.63) is 289 Å². The highest BCUT2D eigenvalue weighted by Gasteiger charge is 2.21. The van der Waals surface area contributed by atoms with Gasteiger partial charge in [-0.3, -0.25) is 0 Å². The van der Waals surface area contributed by atoms with Crippen molar-refractivity contribution in [2.75, 3.05) is 0 Å². The minimum absolute atomic E-state index is 1.19. The molecule has 0 aliphatic rings. The van der Waals surface area contributed by atoms with E-state index in [1.165, 1.54) is 132 Å². The molecule has 336 valence electrons. The fourth-order valence-corrected chi connectivity index (χ4v) is 11.0. The van der Waals surface area contributed by atoms with Gasteiger partial charge in [0.2, 0.25) is 0 Å². The fraction of sp³-hybridized carbons (Fsp3) is 0. The van der Waals surface area contributed by atoms with Crippen LogP contribution < -0.4 is 0 Å². The lowest BCUT2D eigenvalue weighted by Crippen LogP contribution is -1.94. The summed E-state index contributed by atoms with van der Waals surface area (Å²) in [6, 6.07) is 97.8. The molecule has 0 saturated heterocycles.